The monoisotopic (exact) mass is 829 g/mol. The van der Waals surface area contributed by atoms with E-state index in [4.69, 9.17) is 0 Å². The van der Waals surface area contributed by atoms with E-state index in [1.54, 1.807) is 39.0 Å². The van der Waals surface area contributed by atoms with E-state index in [0.717, 1.165) is 6.42 Å². The van der Waals surface area contributed by atoms with E-state index in [-0.39, 0.29) is 85.3 Å². The van der Waals surface area contributed by atoms with E-state index in [1.165, 1.54) is 55.7 Å². The third-order valence-corrected chi connectivity index (χ3v) is 10.8. The minimum Gasteiger partial charge on any atom is -0.393 e. The first-order valence-electron chi connectivity index (χ1n) is 21.2. The molecule has 0 fully saturated rings. The summed E-state index contributed by atoms with van der Waals surface area (Å²) in [5.41, 5.74) is 0.870. The number of Topliss-reactive ketones (excluding diaryl/α,β-unsaturated/α-hetero) is 2. The van der Waals surface area contributed by atoms with Crippen molar-refractivity contribution in [2.75, 3.05) is 26.2 Å². The van der Waals surface area contributed by atoms with Gasteiger partial charge in [-0.25, -0.2) is 0 Å². The molecule has 0 aromatic heterocycles. The number of aliphatic hydroxyl groups is 7. The molecule has 332 valence electrons. The number of nitrogens with zero attached hydrogens (tertiary/aromatic N) is 2. The SMILES string of the molecule is CCC(C)C(C)CC(CC(C)O)C(=O)c1cc(-c2ccc(C(=O)N(CC(C)O)CC(C)O)c(C(=O)N(CC(C)O)CC(C)O)c2)ccc1C(=O)C(CC(C)O)CC(C)O. The highest BCUT2D eigenvalue weighted by atomic mass is 16.3. The van der Waals surface area contributed by atoms with E-state index in [0.29, 0.717) is 17.5 Å². The Hall–Kier alpha value is -3.56. The maximum absolute atomic E-state index is 14.8. The molecule has 0 aliphatic carbocycles. The number of benzene rings is 2. The lowest BCUT2D eigenvalue weighted by atomic mass is 9.78. The third-order valence-electron chi connectivity index (χ3n) is 10.8. The zero-order valence-electron chi connectivity index (χ0n) is 36.8. The lowest BCUT2D eigenvalue weighted by Crippen LogP contribution is -2.43. The van der Waals surface area contributed by atoms with Crippen LogP contribution >= 0.6 is 0 Å². The molecule has 13 nitrogen and oxygen atoms in total. The number of aliphatic hydroxyl groups excluding tert-OH is 7. The van der Waals surface area contributed by atoms with Crippen LogP contribution in [0, 0.1) is 23.7 Å². The van der Waals surface area contributed by atoms with Crippen LogP contribution in [0.25, 0.3) is 11.1 Å². The molecule has 0 aliphatic rings. The molecule has 0 heterocycles. The van der Waals surface area contributed by atoms with E-state index in [9.17, 15) is 54.9 Å². The average molecular weight is 829 g/mol. The van der Waals surface area contributed by atoms with Crippen LogP contribution in [-0.2, 0) is 0 Å². The largest absolute Gasteiger partial charge is 0.393 e. The second-order valence-electron chi connectivity index (χ2n) is 17.3. The number of hydrogen-bond donors (Lipinski definition) is 7. The second-order valence-corrected chi connectivity index (χ2v) is 17.3. The quantitative estimate of drug-likeness (QED) is 0.0679. The van der Waals surface area contributed by atoms with Gasteiger partial charge >= 0.3 is 0 Å². The van der Waals surface area contributed by atoms with Gasteiger partial charge in [0.15, 0.2) is 11.6 Å². The molecule has 2 aromatic rings. The van der Waals surface area contributed by atoms with Crippen LogP contribution in [-0.4, -0.2) is 138 Å². The molecule has 0 spiro atoms. The number of hydrogen-bond acceptors (Lipinski definition) is 11. The molecule has 10 atom stereocenters. The van der Waals surface area contributed by atoms with Crippen molar-refractivity contribution in [1.82, 2.24) is 9.80 Å². The van der Waals surface area contributed by atoms with Gasteiger partial charge in [0, 0.05) is 49.1 Å². The summed E-state index contributed by atoms with van der Waals surface area (Å²) < 4.78 is 0. The van der Waals surface area contributed by atoms with Crippen LogP contribution in [0.3, 0.4) is 0 Å². The maximum Gasteiger partial charge on any atom is 0.254 e. The van der Waals surface area contributed by atoms with Gasteiger partial charge in [0.2, 0.25) is 0 Å². The van der Waals surface area contributed by atoms with Crippen LogP contribution in [0.2, 0.25) is 0 Å². The number of carbonyl (C=O) groups is 4. The Bertz CT molecular complexity index is 1640. The number of amides is 2. The highest BCUT2D eigenvalue weighted by Gasteiger charge is 2.33. The summed E-state index contributed by atoms with van der Waals surface area (Å²) >= 11 is 0. The predicted molar refractivity (Wildman–Crippen MR) is 228 cm³/mol. The molecule has 0 aliphatic heterocycles. The fourth-order valence-corrected chi connectivity index (χ4v) is 7.71. The van der Waals surface area contributed by atoms with Crippen LogP contribution in [0.5, 0.6) is 0 Å². The van der Waals surface area contributed by atoms with Crippen LogP contribution < -0.4 is 0 Å². The summed E-state index contributed by atoms with van der Waals surface area (Å²) in [6, 6.07) is 9.23. The summed E-state index contributed by atoms with van der Waals surface area (Å²) in [5.74, 6) is -3.17. The van der Waals surface area contributed by atoms with Crippen molar-refractivity contribution < 1.29 is 54.9 Å². The Morgan fingerprint density at radius 3 is 1.15 bits per heavy atom. The van der Waals surface area contributed by atoms with Crippen molar-refractivity contribution >= 4 is 23.4 Å². The number of carbonyl (C=O) groups excluding carboxylic acids is 4. The van der Waals surface area contributed by atoms with Crippen molar-refractivity contribution in [3.63, 3.8) is 0 Å². The minimum absolute atomic E-state index is 0.0543. The van der Waals surface area contributed by atoms with E-state index < -0.39 is 72.2 Å². The predicted octanol–water partition coefficient (Wildman–Crippen LogP) is 4.74. The summed E-state index contributed by atoms with van der Waals surface area (Å²) in [4.78, 5) is 60.2. The smallest absolute Gasteiger partial charge is 0.254 e. The lowest BCUT2D eigenvalue weighted by Gasteiger charge is -2.29. The lowest BCUT2D eigenvalue weighted by molar-refractivity contribution is 0.0488. The third kappa shape index (κ3) is 16.1. The standard InChI is InChI=1S/C46H72N2O11/c1-11-26(2)27(3)16-37(17-28(4)49)44(57)41-20-35(12-14-39(41)43(56)38(18-29(5)50)19-30(6)51)36-13-15-40(45(58)47(22-31(7)52)23-32(8)53)42(21-36)46(59)48(24-33(9)54)25-34(10)55/h12-15,20-21,26-34,37-38,49-55H,11,16-19,22-25H2,1-10H3. The Morgan fingerprint density at radius 1 is 0.441 bits per heavy atom. The van der Waals surface area contributed by atoms with Crippen molar-refractivity contribution in [3.05, 3.63) is 58.7 Å². The number of rotatable bonds is 25. The van der Waals surface area contributed by atoms with Gasteiger partial charge in [0.25, 0.3) is 11.8 Å². The van der Waals surface area contributed by atoms with Crippen LogP contribution in [0.15, 0.2) is 36.4 Å². The summed E-state index contributed by atoms with van der Waals surface area (Å²) in [6.45, 7) is 16.3. The molecule has 2 rings (SSSR count). The first kappa shape index (κ1) is 51.6. The number of ketones is 2. The van der Waals surface area contributed by atoms with Gasteiger partial charge in [-0.3, -0.25) is 19.2 Å². The van der Waals surface area contributed by atoms with Crippen LogP contribution in [0.4, 0.5) is 0 Å². The molecular formula is C46H72N2O11. The average Bonchev–Trinajstić information content (AvgIpc) is 3.13. The normalized spacial score (nSPS) is 17.4. The van der Waals surface area contributed by atoms with Gasteiger partial charge in [-0.05, 0) is 115 Å². The highest BCUT2D eigenvalue weighted by molar-refractivity contribution is 6.11. The van der Waals surface area contributed by atoms with E-state index in [2.05, 4.69) is 20.8 Å². The molecule has 59 heavy (non-hydrogen) atoms. The molecule has 13 heteroatoms. The van der Waals surface area contributed by atoms with Crippen molar-refractivity contribution in [2.24, 2.45) is 23.7 Å². The van der Waals surface area contributed by atoms with Gasteiger partial charge in [-0.1, -0.05) is 45.4 Å². The first-order valence-corrected chi connectivity index (χ1v) is 21.2. The van der Waals surface area contributed by atoms with Crippen molar-refractivity contribution in [3.8, 4) is 11.1 Å². The molecule has 2 aromatic carbocycles. The molecule has 0 radical (unpaired) electrons. The van der Waals surface area contributed by atoms with Crippen LogP contribution in [0.1, 0.15) is 143 Å². The minimum atomic E-state index is -0.982. The Labute approximate surface area is 351 Å². The van der Waals surface area contributed by atoms with E-state index in [1.807, 2.05) is 0 Å². The topological polar surface area (TPSA) is 216 Å². The summed E-state index contributed by atoms with van der Waals surface area (Å²) in [7, 11) is 0. The van der Waals surface area contributed by atoms with Gasteiger partial charge < -0.3 is 45.5 Å². The molecule has 7 N–H and O–H groups in total. The molecule has 0 bridgehead atoms. The molecule has 0 saturated heterocycles. The first-order chi connectivity index (χ1) is 27.5. The molecular weight excluding hydrogens is 757 g/mol. The van der Waals surface area contributed by atoms with Gasteiger partial charge in [-0.2, -0.15) is 0 Å². The highest BCUT2D eigenvalue weighted by Crippen LogP contribution is 2.34. The summed E-state index contributed by atoms with van der Waals surface area (Å²) in [5, 5.41) is 72.2. The second kappa shape index (κ2) is 24.0. The van der Waals surface area contributed by atoms with Gasteiger partial charge in [-0.15, -0.1) is 0 Å². The molecule has 0 saturated carbocycles. The fraction of sp³-hybridized carbons (Fsp3) is 0.652. The summed E-state index contributed by atoms with van der Waals surface area (Å²) in [6.07, 6.45) is -4.83. The Kier molecular flexibility index (Phi) is 21.0. The zero-order chi connectivity index (χ0) is 44.9. The Morgan fingerprint density at radius 2 is 0.780 bits per heavy atom. The van der Waals surface area contributed by atoms with E-state index >= 15 is 0 Å². The molecule has 2 amide bonds. The van der Waals surface area contributed by atoms with Gasteiger partial charge in [0.1, 0.15) is 0 Å². The zero-order valence-corrected chi connectivity index (χ0v) is 36.8. The maximum atomic E-state index is 14.8. The molecule has 10 unspecified atom stereocenters. The Balaban J connectivity index is 3.01. The fourth-order valence-electron chi connectivity index (χ4n) is 7.71. The van der Waals surface area contributed by atoms with Crippen molar-refractivity contribution in [2.45, 2.75) is 144 Å². The van der Waals surface area contributed by atoms with Crippen molar-refractivity contribution in [1.29, 1.82) is 0 Å². The van der Waals surface area contributed by atoms with Gasteiger partial charge in [0.05, 0.1) is 53.9 Å².